The van der Waals surface area contributed by atoms with Crippen molar-refractivity contribution in [3.8, 4) is 0 Å². The molecule has 0 fully saturated rings. The van der Waals surface area contributed by atoms with Crippen LogP contribution in [0.25, 0.3) is 0 Å². The predicted molar refractivity (Wildman–Crippen MR) is 82.8 cm³/mol. The van der Waals surface area contributed by atoms with Gasteiger partial charge in [-0.3, -0.25) is 4.79 Å². The summed E-state index contributed by atoms with van der Waals surface area (Å²) in [4.78, 5) is 17.8. The van der Waals surface area contributed by atoms with E-state index in [9.17, 15) is 9.18 Å². The zero-order valence-corrected chi connectivity index (χ0v) is 13.0. The highest BCUT2D eigenvalue weighted by atomic mass is 35.5. The lowest BCUT2D eigenvalue weighted by atomic mass is 10.2. The fourth-order valence-electron chi connectivity index (χ4n) is 1.67. The van der Waals surface area contributed by atoms with Gasteiger partial charge in [-0.2, -0.15) is 0 Å². The fourth-order valence-corrected chi connectivity index (χ4v) is 2.78. The number of thioether (sulfide) groups is 1. The summed E-state index contributed by atoms with van der Waals surface area (Å²) < 4.78 is 12.8. The second-order valence-electron chi connectivity index (χ2n) is 4.46. The van der Waals surface area contributed by atoms with Gasteiger partial charge in [-0.15, -0.1) is 0 Å². The highest BCUT2D eigenvalue weighted by Gasteiger charge is 2.11. The van der Waals surface area contributed by atoms with Gasteiger partial charge < -0.3 is 4.90 Å². The first-order valence-electron chi connectivity index (χ1n) is 6.28. The molecule has 21 heavy (non-hydrogen) atoms. The van der Waals surface area contributed by atoms with Crippen molar-refractivity contribution >= 4 is 29.3 Å². The molecule has 0 spiro atoms. The van der Waals surface area contributed by atoms with Gasteiger partial charge in [0.15, 0.2) is 0 Å². The van der Waals surface area contributed by atoms with Gasteiger partial charge in [-0.1, -0.05) is 35.5 Å². The minimum atomic E-state index is -0.284. The number of carbonyl (C=O) groups is 1. The molecule has 2 rings (SSSR count). The zero-order chi connectivity index (χ0) is 15.2. The summed E-state index contributed by atoms with van der Waals surface area (Å²) in [5, 5.41) is 1.18. The molecule has 0 saturated carbocycles. The average Bonchev–Trinajstić information content (AvgIpc) is 2.48. The number of benzene rings is 1. The van der Waals surface area contributed by atoms with Crippen LogP contribution < -0.4 is 0 Å². The summed E-state index contributed by atoms with van der Waals surface area (Å²) >= 11 is 7.29. The van der Waals surface area contributed by atoms with Crippen LogP contribution >= 0.6 is 23.4 Å². The van der Waals surface area contributed by atoms with Crippen LogP contribution in [0, 0.1) is 5.82 Å². The van der Waals surface area contributed by atoms with Crippen LogP contribution in [0.15, 0.2) is 47.6 Å². The maximum absolute atomic E-state index is 12.8. The van der Waals surface area contributed by atoms with Crippen molar-refractivity contribution in [2.45, 2.75) is 11.6 Å². The maximum atomic E-state index is 12.8. The third-order valence-electron chi connectivity index (χ3n) is 2.82. The van der Waals surface area contributed by atoms with Crippen molar-refractivity contribution in [3.63, 3.8) is 0 Å². The highest BCUT2D eigenvalue weighted by Crippen LogP contribution is 2.24. The molecule has 0 radical (unpaired) electrons. The molecular formula is C15H14ClFN2OS. The number of rotatable bonds is 5. The Morgan fingerprint density at radius 3 is 2.71 bits per heavy atom. The predicted octanol–water partition coefficient (Wildman–Crippen LogP) is 3.62. The molecule has 0 atom stereocenters. The van der Waals surface area contributed by atoms with E-state index in [-0.39, 0.29) is 17.5 Å². The minimum Gasteiger partial charge on any atom is -0.341 e. The zero-order valence-electron chi connectivity index (χ0n) is 11.4. The van der Waals surface area contributed by atoms with Crippen LogP contribution in [0.3, 0.4) is 0 Å². The molecule has 1 heterocycles. The van der Waals surface area contributed by atoms with Crippen LogP contribution in [0.5, 0.6) is 0 Å². The first kappa shape index (κ1) is 15.8. The molecule has 0 N–H and O–H groups in total. The molecule has 0 aliphatic heterocycles. The van der Waals surface area contributed by atoms with Gasteiger partial charge in [0.2, 0.25) is 5.91 Å². The third-order valence-corrected chi connectivity index (χ3v) is 4.22. The van der Waals surface area contributed by atoms with Crippen molar-refractivity contribution in [2.75, 3.05) is 12.8 Å². The second kappa shape index (κ2) is 7.43. The molecule has 110 valence electrons. The van der Waals surface area contributed by atoms with Gasteiger partial charge in [-0.05, 0) is 29.8 Å². The number of hydrogen-bond donors (Lipinski definition) is 0. The smallest absolute Gasteiger partial charge is 0.233 e. The van der Waals surface area contributed by atoms with E-state index in [1.807, 2.05) is 0 Å². The molecule has 1 amide bonds. The van der Waals surface area contributed by atoms with E-state index in [0.717, 1.165) is 5.56 Å². The first-order valence-corrected chi connectivity index (χ1v) is 7.64. The Morgan fingerprint density at radius 1 is 1.33 bits per heavy atom. The summed E-state index contributed by atoms with van der Waals surface area (Å²) in [7, 11) is 1.71. The number of pyridine rings is 1. The Labute approximate surface area is 132 Å². The van der Waals surface area contributed by atoms with E-state index in [4.69, 9.17) is 11.6 Å². The Hall–Kier alpha value is -1.59. The van der Waals surface area contributed by atoms with Gasteiger partial charge >= 0.3 is 0 Å². The highest BCUT2D eigenvalue weighted by molar-refractivity contribution is 8.00. The van der Waals surface area contributed by atoms with E-state index in [2.05, 4.69) is 4.98 Å². The largest absolute Gasteiger partial charge is 0.341 e. The summed E-state index contributed by atoms with van der Waals surface area (Å²) in [6.45, 7) is 0.440. The van der Waals surface area contributed by atoms with E-state index in [1.54, 1.807) is 42.4 Å². The first-order chi connectivity index (χ1) is 10.1. The molecular weight excluding hydrogens is 311 g/mol. The van der Waals surface area contributed by atoms with Crippen LogP contribution in [-0.2, 0) is 11.3 Å². The molecule has 2 aromatic rings. The van der Waals surface area contributed by atoms with Crippen molar-refractivity contribution in [1.29, 1.82) is 0 Å². The van der Waals surface area contributed by atoms with E-state index in [0.29, 0.717) is 16.6 Å². The van der Waals surface area contributed by atoms with E-state index < -0.39 is 0 Å². The Morgan fingerprint density at radius 2 is 2.05 bits per heavy atom. The van der Waals surface area contributed by atoms with Crippen molar-refractivity contribution in [2.24, 2.45) is 0 Å². The molecule has 0 bridgehead atoms. The Bertz CT molecular complexity index is 621. The van der Waals surface area contributed by atoms with Crippen molar-refractivity contribution < 1.29 is 9.18 Å². The lowest BCUT2D eigenvalue weighted by molar-refractivity contribution is -0.127. The van der Waals surface area contributed by atoms with Gasteiger partial charge in [0.1, 0.15) is 10.8 Å². The topological polar surface area (TPSA) is 33.2 Å². The third kappa shape index (κ3) is 4.72. The van der Waals surface area contributed by atoms with Gasteiger partial charge in [0.05, 0.1) is 10.8 Å². The molecule has 0 unspecified atom stereocenters. The van der Waals surface area contributed by atoms with Gasteiger partial charge in [-0.25, -0.2) is 9.37 Å². The van der Waals surface area contributed by atoms with Crippen molar-refractivity contribution in [3.05, 3.63) is 59.0 Å². The van der Waals surface area contributed by atoms with Crippen LogP contribution in [0.1, 0.15) is 5.56 Å². The number of hydrogen-bond acceptors (Lipinski definition) is 3. The van der Waals surface area contributed by atoms with E-state index in [1.165, 1.54) is 23.9 Å². The second-order valence-corrected chi connectivity index (χ2v) is 5.83. The number of carbonyl (C=O) groups excluding carboxylic acids is 1. The van der Waals surface area contributed by atoms with Crippen LogP contribution in [0.2, 0.25) is 5.02 Å². The fraction of sp³-hybridized carbons (Fsp3) is 0.200. The Balaban J connectivity index is 1.88. The minimum absolute atomic E-state index is 0.0361. The Kier molecular flexibility index (Phi) is 5.59. The summed E-state index contributed by atoms with van der Waals surface area (Å²) in [6.07, 6.45) is 1.64. The molecule has 3 nitrogen and oxygen atoms in total. The number of halogens is 2. The van der Waals surface area contributed by atoms with E-state index >= 15 is 0 Å². The molecule has 1 aromatic heterocycles. The van der Waals surface area contributed by atoms with Crippen molar-refractivity contribution in [1.82, 2.24) is 9.88 Å². The maximum Gasteiger partial charge on any atom is 0.233 e. The summed E-state index contributed by atoms with van der Waals surface area (Å²) in [6, 6.07) is 9.59. The summed E-state index contributed by atoms with van der Waals surface area (Å²) in [5.41, 5.74) is 0.883. The quantitative estimate of drug-likeness (QED) is 0.787. The average molecular weight is 325 g/mol. The molecule has 1 aromatic carbocycles. The monoisotopic (exact) mass is 324 g/mol. The van der Waals surface area contributed by atoms with Gasteiger partial charge in [0.25, 0.3) is 0 Å². The normalized spacial score (nSPS) is 10.4. The molecule has 0 aliphatic carbocycles. The molecule has 6 heteroatoms. The summed E-state index contributed by atoms with van der Waals surface area (Å²) in [5.74, 6) is -0.0619. The van der Waals surface area contributed by atoms with Crippen LogP contribution in [-0.4, -0.2) is 28.6 Å². The SMILES string of the molecule is CN(Cc1ccc(F)cc1)C(=O)CSc1ncccc1Cl. The molecule has 0 aliphatic rings. The standard InChI is InChI=1S/C15H14ClFN2OS/c1-19(9-11-4-6-12(17)7-5-11)14(20)10-21-15-13(16)3-2-8-18-15/h2-8H,9-10H2,1H3. The van der Waals surface area contributed by atoms with Gasteiger partial charge in [0, 0.05) is 19.8 Å². The van der Waals surface area contributed by atoms with Crippen LogP contribution in [0.4, 0.5) is 4.39 Å². The number of amides is 1. The number of aromatic nitrogens is 1. The lowest BCUT2D eigenvalue weighted by Gasteiger charge is -2.17. The molecule has 0 saturated heterocycles. The lowest BCUT2D eigenvalue weighted by Crippen LogP contribution is -2.27. The number of nitrogens with zero attached hydrogens (tertiary/aromatic N) is 2.